The Balaban J connectivity index is 2.58. The maximum atomic E-state index is 9.28. The van der Waals surface area contributed by atoms with Gasteiger partial charge in [-0.3, -0.25) is 0 Å². The Hall–Kier alpha value is -2.45. The molecular formula is C6H5N6O3+. The van der Waals surface area contributed by atoms with Crippen molar-refractivity contribution in [2.24, 2.45) is 0 Å². The maximum Gasteiger partial charge on any atom is 0.375 e. The standard InChI is InChI=1S/C6H5N6O3/c1-14-4-2-3-5(8-15-12(3)13)11-6(4)7-9-10-11/h2,13H,1H3/q+1. The quantitative estimate of drug-likeness (QED) is 0.502. The fourth-order valence-electron chi connectivity index (χ4n) is 1.34. The second kappa shape index (κ2) is 2.53. The lowest BCUT2D eigenvalue weighted by atomic mass is 10.4. The Bertz CT molecular complexity index is 643. The number of ether oxygens (including phenoxy) is 1. The summed E-state index contributed by atoms with van der Waals surface area (Å²) in [4.78, 5) is 0.513. The van der Waals surface area contributed by atoms with Crippen molar-refractivity contribution >= 4 is 16.8 Å². The summed E-state index contributed by atoms with van der Waals surface area (Å²) < 4.78 is 10.9. The number of pyridine rings is 1. The third-order valence-electron chi connectivity index (χ3n) is 2.02. The summed E-state index contributed by atoms with van der Waals surface area (Å²) in [6, 6.07) is 1.53. The third-order valence-corrected chi connectivity index (χ3v) is 2.02. The third kappa shape index (κ3) is 0.882. The summed E-state index contributed by atoms with van der Waals surface area (Å²) in [5.74, 6) is 0.415. The number of hydrogen-bond acceptors (Lipinski definition) is 7. The van der Waals surface area contributed by atoms with Crippen LogP contribution in [0.25, 0.3) is 16.8 Å². The van der Waals surface area contributed by atoms with E-state index in [0.717, 1.165) is 0 Å². The summed E-state index contributed by atoms with van der Waals surface area (Å²) in [6.07, 6.45) is 0. The highest BCUT2D eigenvalue weighted by Gasteiger charge is 2.23. The first-order chi connectivity index (χ1) is 7.31. The smallest absolute Gasteiger partial charge is 0.375 e. The zero-order valence-electron chi connectivity index (χ0n) is 7.52. The number of nitrogens with zero attached hydrogens (tertiary/aromatic N) is 6. The second-order valence-corrected chi connectivity index (χ2v) is 2.78. The monoisotopic (exact) mass is 209 g/mol. The van der Waals surface area contributed by atoms with Crippen LogP contribution >= 0.6 is 0 Å². The first-order valence-electron chi connectivity index (χ1n) is 3.97. The van der Waals surface area contributed by atoms with Gasteiger partial charge < -0.3 is 9.94 Å². The predicted octanol–water partition coefficient (Wildman–Crippen LogP) is -1.20. The molecule has 0 aliphatic heterocycles. The molecule has 15 heavy (non-hydrogen) atoms. The minimum atomic E-state index is 0.304. The molecule has 0 fully saturated rings. The average Bonchev–Trinajstić information content (AvgIpc) is 2.83. The molecule has 9 nitrogen and oxygen atoms in total. The normalized spacial score (nSPS) is 11.3. The number of hydrogen-bond donors (Lipinski definition) is 1. The van der Waals surface area contributed by atoms with E-state index in [2.05, 4.69) is 25.3 Å². The topological polar surface area (TPSA) is 102 Å². The lowest BCUT2D eigenvalue weighted by molar-refractivity contribution is -1.02. The molecule has 0 spiro atoms. The molecule has 3 aromatic heterocycles. The molecule has 0 aliphatic carbocycles. The Morgan fingerprint density at radius 1 is 1.53 bits per heavy atom. The van der Waals surface area contributed by atoms with Crippen LogP contribution in [-0.4, -0.2) is 37.5 Å². The zero-order chi connectivity index (χ0) is 10.4. The zero-order valence-corrected chi connectivity index (χ0v) is 7.52. The number of fused-ring (bicyclic) bond motifs is 3. The van der Waals surface area contributed by atoms with Crippen LogP contribution in [0.1, 0.15) is 0 Å². The molecule has 9 heteroatoms. The molecule has 0 aromatic carbocycles. The van der Waals surface area contributed by atoms with Crippen LogP contribution in [0.3, 0.4) is 0 Å². The van der Waals surface area contributed by atoms with Gasteiger partial charge in [0.25, 0.3) is 5.52 Å². The Kier molecular flexibility index (Phi) is 1.33. The van der Waals surface area contributed by atoms with Gasteiger partial charge in [0.2, 0.25) is 5.65 Å². The minimum absolute atomic E-state index is 0.304. The van der Waals surface area contributed by atoms with Gasteiger partial charge in [-0.25, -0.2) is 0 Å². The SMILES string of the molecule is COc1cc2c(no[n+]2O)n2nnnc12. The van der Waals surface area contributed by atoms with E-state index < -0.39 is 0 Å². The molecule has 0 saturated heterocycles. The molecule has 0 unspecified atom stereocenters. The van der Waals surface area contributed by atoms with E-state index in [4.69, 9.17) is 4.74 Å². The molecular weight excluding hydrogens is 204 g/mol. The van der Waals surface area contributed by atoms with Crippen molar-refractivity contribution in [1.29, 1.82) is 0 Å². The first-order valence-corrected chi connectivity index (χ1v) is 3.97. The number of aromatic nitrogens is 6. The maximum absolute atomic E-state index is 9.28. The van der Waals surface area contributed by atoms with Crippen molar-refractivity contribution < 1.29 is 19.5 Å². The van der Waals surface area contributed by atoms with E-state index in [0.29, 0.717) is 27.5 Å². The predicted molar refractivity (Wildman–Crippen MR) is 42.3 cm³/mol. The molecule has 1 N–H and O–H groups in total. The molecule has 0 aliphatic rings. The highest BCUT2D eigenvalue weighted by molar-refractivity contribution is 5.74. The number of tetrazole rings is 1. The highest BCUT2D eigenvalue weighted by atomic mass is 16.8. The van der Waals surface area contributed by atoms with E-state index in [-0.39, 0.29) is 0 Å². The fourth-order valence-corrected chi connectivity index (χ4v) is 1.34. The molecule has 0 atom stereocenters. The van der Waals surface area contributed by atoms with E-state index in [1.807, 2.05) is 0 Å². The molecule has 0 amide bonds. The van der Waals surface area contributed by atoms with Gasteiger partial charge in [-0.15, -0.1) is 9.61 Å². The van der Waals surface area contributed by atoms with Crippen molar-refractivity contribution in [3.63, 3.8) is 0 Å². The molecule has 76 valence electrons. The van der Waals surface area contributed by atoms with Crippen molar-refractivity contribution in [1.82, 2.24) is 25.2 Å². The van der Waals surface area contributed by atoms with Crippen LogP contribution in [-0.2, 0) is 0 Å². The fraction of sp³-hybridized carbons (Fsp3) is 0.167. The Morgan fingerprint density at radius 2 is 2.40 bits per heavy atom. The van der Waals surface area contributed by atoms with Crippen LogP contribution in [0.4, 0.5) is 0 Å². The van der Waals surface area contributed by atoms with E-state index in [9.17, 15) is 5.21 Å². The summed E-state index contributed by atoms with van der Waals surface area (Å²) in [5, 5.41) is 23.8. The van der Waals surface area contributed by atoms with Crippen molar-refractivity contribution in [3.8, 4) is 5.75 Å². The number of methoxy groups -OCH3 is 1. The highest BCUT2D eigenvalue weighted by Crippen LogP contribution is 2.20. The van der Waals surface area contributed by atoms with Gasteiger partial charge in [0.15, 0.2) is 10.9 Å². The van der Waals surface area contributed by atoms with Crippen LogP contribution in [0.2, 0.25) is 0 Å². The number of rotatable bonds is 1. The van der Waals surface area contributed by atoms with Crippen molar-refractivity contribution in [2.75, 3.05) is 7.11 Å². The summed E-state index contributed by atoms with van der Waals surface area (Å²) in [6.45, 7) is 0. The van der Waals surface area contributed by atoms with Gasteiger partial charge in [0.05, 0.1) is 7.11 Å². The minimum Gasteiger partial charge on any atom is -0.493 e. The van der Waals surface area contributed by atoms with Gasteiger partial charge in [0.1, 0.15) is 4.90 Å². The molecule has 0 radical (unpaired) electrons. The molecule has 3 rings (SSSR count). The van der Waals surface area contributed by atoms with Gasteiger partial charge in [-0.05, 0) is 15.1 Å². The van der Waals surface area contributed by atoms with Crippen LogP contribution in [0, 0.1) is 0 Å². The van der Waals surface area contributed by atoms with Crippen molar-refractivity contribution in [3.05, 3.63) is 6.07 Å². The molecule has 0 bridgehead atoms. The Morgan fingerprint density at radius 3 is 3.20 bits per heavy atom. The summed E-state index contributed by atoms with van der Waals surface area (Å²) in [5.41, 5.74) is 1.02. The van der Waals surface area contributed by atoms with Crippen LogP contribution < -0.4 is 9.64 Å². The molecule has 3 aromatic rings. The van der Waals surface area contributed by atoms with E-state index >= 15 is 0 Å². The lowest BCUT2D eigenvalue weighted by Crippen LogP contribution is -2.27. The lowest BCUT2D eigenvalue weighted by Gasteiger charge is -1.96. The van der Waals surface area contributed by atoms with Crippen LogP contribution in [0.15, 0.2) is 10.7 Å². The average molecular weight is 209 g/mol. The second-order valence-electron chi connectivity index (χ2n) is 2.78. The first kappa shape index (κ1) is 7.91. The largest absolute Gasteiger partial charge is 0.493 e. The molecule has 0 saturated carbocycles. The Labute approximate surface area is 81.4 Å². The van der Waals surface area contributed by atoms with Crippen molar-refractivity contribution in [2.45, 2.75) is 0 Å². The van der Waals surface area contributed by atoms with Gasteiger partial charge in [-0.1, -0.05) is 0 Å². The van der Waals surface area contributed by atoms with E-state index in [1.54, 1.807) is 0 Å². The van der Waals surface area contributed by atoms with Crippen LogP contribution in [0.5, 0.6) is 5.75 Å². The van der Waals surface area contributed by atoms with Gasteiger partial charge >= 0.3 is 5.65 Å². The van der Waals surface area contributed by atoms with Gasteiger partial charge in [-0.2, -0.15) is 0 Å². The summed E-state index contributed by atoms with van der Waals surface area (Å²) in [7, 11) is 1.48. The van der Waals surface area contributed by atoms with Gasteiger partial charge in [0, 0.05) is 6.07 Å². The van der Waals surface area contributed by atoms with E-state index in [1.165, 1.54) is 17.7 Å². The summed E-state index contributed by atoms with van der Waals surface area (Å²) >= 11 is 0. The molecule has 3 heterocycles.